The fourth-order valence-electron chi connectivity index (χ4n) is 3.02. The van der Waals surface area contributed by atoms with Gasteiger partial charge in [0.15, 0.2) is 11.6 Å². The molecule has 1 aliphatic heterocycles. The molecule has 1 heterocycles. The lowest BCUT2D eigenvalue weighted by Crippen LogP contribution is -2.47. The van der Waals surface area contributed by atoms with Gasteiger partial charge in [-0.15, -0.1) is 0 Å². The van der Waals surface area contributed by atoms with Crippen LogP contribution in [0.25, 0.3) is 0 Å². The predicted molar refractivity (Wildman–Crippen MR) is 106 cm³/mol. The summed E-state index contributed by atoms with van der Waals surface area (Å²) in [5.74, 6) is -2.94. The highest BCUT2D eigenvalue weighted by atomic mass is 35.5. The third-order valence-corrected chi connectivity index (χ3v) is 5.05. The third kappa shape index (κ3) is 4.65. The van der Waals surface area contributed by atoms with Crippen molar-refractivity contribution in [2.75, 3.05) is 45.7 Å². The molecule has 6 nitrogen and oxygen atoms in total. The Kier molecular flexibility index (Phi) is 6.34. The average molecular weight is 424 g/mol. The van der Waals surface area contributed by atoms with Crippen molar-refractivity contribution in [3.8, 4) is 5.75 Å². The first-order chi connectivity index (χ1) is 13.8. The maximum absolute atomic E-state index is 13.5. The molecule has 1 N–H and O–H groups in total. The SMILES string of the molecule is COc1ccc(C(=O)N2CCN(C)CC2)cc1NC(=O)c1cc(F)c(F)cc1Cl. The van der Waals surface area contributed by atoms with E-state index in [4.69, 9.17) is 16.3 Å². The lowest BCUT2D eigenvalue weighted by atomic mass is 10.1. The van der Waals surface area contributed by atoms with Gasteiger partial charge in [0.2, 0.25) is 0 Å². The van der Waals surface area contributed by atoms with Crippen molar-refractivity contribution in [1.82, 2.24) is 9.80 Å². The van der Waals surface area contributed by atoms with Gasteiger partial charge in [0, 0.05) is 31.7 Å². The molecule has 0 saturated carbocycles. The van der Waals surface area contributed by atoms with E-state index in [1.54, 1.807) is 17.0 Å². The molecule has 154 valence electrons. The fraction of sp³-hybridized carbons (Fsp3) is 0.300. The van der Waals surface area contributed by atoms with Gasteiger partial charge in [-0.3, -0.25) is 9.59 Å². The van der Waals surface area contributed by atoms with Crippen LogP contribution in [0.2, 0.25) is 5.02 Å². The quantitative estimate of drug-likeness (QED) is 0.767. The van der Waals surface area contributed by atoms with Crippen molar-refractivity contribution in [2.24, 2.45) is 0 Å². The highest BCUT2D eigenvalue weighted by Gasteiger charge is 2.22. The lowest BCUT2D eigenvalue weighted by Gasteiger charge is -2.32. The zero-order chi connectivity index (χ0) is 21.1. The molecule has 9 heteroatoms. The predicted octanol–water partition coefficient (Wildman–Crippen LogP) is 3.27. The summed E-state index contributed by atoms with van der Waals surface area (Å²) in [4.78, 5) is 29.2. The van der Waals surface area contributed by atoms with Crippen LogP contribution in [0.15, 0.2) is 30.3 Å². The number of rotatable bonds is 4. The largest absolute Gasteiger partial charge is 0.495 e. The van der Waals surface area contributed by atoms with Crippen LogP contribution in [-0.2, 0) is 0 Å². The molecule has 2 aromatic rings. The number of halogens is 3. The van der Waals surface area contributed by atoms with E-state index in [-0.39, 0.29) is 22.2 Å². The molecular formula is C20H20ClF2N3O3. The molecule has 0 bridgehead atoms. The van der Waals surface area contributed by atoms with E-state index in [1.165, 1.54) is 13.2 Å². The number of benzene rings is 2. The van der Waals surface area contributed by atoms with Crippen molar-refractivity contribution < 1.29 is 23.1 Å². The number of anilines is 1. The number of methoxy groups -OCH3 is 1. The maximum Gasteiger partial charge on any atom is 0.257 e. The Morgan fingerprint density at radius 3 is 2.38 bits per heavy atom. The Bertz CT molecular complexity index is 947. The molecule has 2 aromatic carbocycles. The molecular weight excluding hydrogens is 404 g/mol. The van der Waals surface area contributed by atoms with Gasteiger partial charge < -0.3 is 19.9 Å². The summed E-state index contributed by atoms with van der Waals surface area (Å²) >= 11 is 5.87. The van der Waals surface area contributed by atoms with E-state index >= 15 is 0 Å². The van der Waals surface area contributed by atoms with E-state index < -0.39 is 17.5 Å². The molecule has 0 spiro atoms. The zero-order valence-corrected chi connectivity index (χ0v) is 16.7. The second-order valence-corrected chi connectivity index (χ2v) is 7.12. The Balaban J connectivity index is 1.85. The van der Waals surface area contributed by atoms with E-state index in [2.05, 4.69) is 10.2 Å². The zero-order valence-electron chi connectivity index (χ0n) is 16.0. The summed E-state index contributed by atoms with van der Waals surface area (Å²) in [6.07, 6.45) is 0. The van der Waals surface area contributed by atoms with Crippen molar-refractivity contribution in [3.63, 3.8) is 0 Å². The van der Waals surface area contributed by atoms with Crippen LogP contribution in [-0.4, -0.2) is 62.0 Å². The minimum Gasteiger partial charge on any atom is -0.495 e. The van der Waals surface area contributed by atoms with E-state index in [0.717, 1.165) is 25.2 Å². The summed E-state index contributed by atoms with van der Waals surface area (Å²) in [6, 6.07) is 6.12. The molecule has 0 atom stereocenters. The lowest BCUT2D eigenvalue weighted by molar-refractivity contribution is 0.0664. The number of amides is 2. The molecule has 1 aliphatic rings. The highest BCUT2D eigenvalue weighted by molar-refractivity contribution is 6.34. The summed E-state index contributed by atoms with van der Waals surface area (Å²) in [5, 5.41) is 2.32. The van der Waals surface area contributed by atoms with Crippen LogP contribution >= 0.6 is 11.6 Å². The topological polar surface area (TPSA) is 61.9 Å². The van der Waals surface area contributed by atoms with Gasteiger partial charge >= 0.3 is 0 Å². The fourth-order valence-corrected chi connectivity index (χ4v) is 3.25. The van der Waals surface area contributed by atoms with Gasteiger partial charge in [-0.1, -0.05) is 11.6 Å². The van der Waals surface area contributed by atoms with E-state index in [9.17, 15) is 18.4 Å². The minimum atomic E-state index is -1.19. The number of hydrogen-bond donors (Lipinski definition) is 1. The normalized spacial score (nSPS) is 14.6. The molecule has 0 unspecified atom stereocenters. The van der Waals surface area contributed by atoms with Gasteiger partial charge in [-0.05, 0) is 37.4 Å². The summed E-state index contributed by atoms with van der Waals surface area (Å²) in [6.45, 7) is 2.77. The maximum atomic E-state index is 13.5. The standard InChI is InChI=1S/C20H20ClF2N3O3/c1-25-5-7-26(8-6-25)20(28)12-3-4-18(29-2)17(9-12)24-19(27)13-10-15(22)16(23)11-14(13)21/h3-4,9-11H,5-8H2,1-2H3,(H,24,27). The Labute approximate surface area is 172 Å². The average Bonchev–Trinajstić information content (AvgIpc) is 2.70. The number of likely N-dealkylation sites (N-methyl/N-ethyl adjacent to an activating group) is 1. The van der Waals surface area contributed by atoms with Gasteiger partial charge in [0.05, 0.1) is 23.4 Å². The molecule has 2 amide bonds. The van der Waals surface area contributed by atoms with Gasteiger partial charge in [-0.2, -0.15) is 0 Å². The van der Waals surface area contributed by atoms with Gasteiger partial charge in [0.1, 0.15) is 5.75 Å². The number of carbonyl (C=O) groups is 2. The molecule has 29 heavy (non-hydrogen) atoms. The Morgan fingerprint density at radius 1 is 1.07 bits per heavy atom. The number of nitrogens with zero attached hydrogens (tertiary/aromatic N) is 2. The van der Waals surface area contributed by atoms with Gasteiger partial charge in [0.25, 0.3) is 11.8 Å². The summed E-state index contributed by atoms with van der Waals surface area (Å²) < 4.78 is 32.0. The van der Waals surface area contributed by atoms with Crippen molar-refractivity contribution in [3.05, 3.63) is 58.1 Å². The monoisotopic (exact) mass is 423 g/mol. The van der Waals surface area contributed by atoms with E-state index in [0.29, 0.717) is 24.4 Å². The van der Waals surface area contributed by atoms with Crippen molar-refractivity contribution >= 4 is 29.1 Å². The minimum absolute atomic E-state index is 0.165. The van der Waals surface area contributed by atoms with Crippen LogP contribution in [0, 0.1) is 11.6 Å². The first-order valence-corrected chi connectivity index (χ1v) is 9.29. The number of hydrogen-bond acceptors (Lipinski definition) is 4. The number of piperazine rings is 1. The summed E-state index contributed by atoms with van der Waals surface area (Å²) in [7, 11) is 3.41. The second kappa shape index (κ2) is 8.75. The Hall–Kier alpha value is -2.71. The smallest absolute Gasteiger partial charge is 0.257 e. The number of ether oxygens (including phenoxy) is 1. The van der Waals surface area contributed by atoms with Crippen LogP contribution in [0.3, 0.4) is 0 Å². The van der Waals surface area contributed by atoms with Crippen LogP contribution in [0.5, 0.6) is 5.75 Å². The Morgan fingerprint density at radius 2 is 1.72 bits per heavy atom. The van der Waals surface area contributed by atoms with Crippen LogP contribution < -0.4 is 10.1 Å². The molecule has 1 fully saturated rings. The molecule has 0 radical (unpaired) electrons. The molecule has 3 rings (SSSR count). The van der Waals surface area contributed by atoms with E-state index in [1.807, 2.05) is 7.05 Å². The third-order valence-electron chi connectivity index (χ3n) is 4.74. The number of carbonyl (C=O) groups excluding carboxylic acids is 2. The molecule has 0 aliphatic carbocycles. The highest BCUT2D eigenvalue weighted by Crippen LogP contribution is 2.28. The first-order valence-electron chi connectivity index (χ1n) is 8.92. The van der Waals surface area contributed by atoms with Crippen molar-refractivity contribution in [2.45, 2.75) is 0 Å². The van der Waals surface area contributed by atoms with Crippen molar-refractivity contribution in [1.29, 1.82) is 0 Å². The van der Waals surface area contributed by atoms with Crippen LogP contribution in [0.4, 0.5) is 14.5 Å². The second-order valence-electron chi connectivity index (χ2n) is 6.71. The number of nitrogens with one attached hydrogen (secondary N) is 1. The van der Waals surface area contributed by atoms with Gasteiger partial charge in [-0.25, -0.2) is 8.78 Å². The summed E-state index contributed by atoms with van der Waals surface area (Å²) in [5.41, 5.74) is 0.365. The molecule has 0 aromatic heterocycles. The molecule has 1 saturated heterocycles. The first kappa shape index (κ1) is 21.0. The van der Waals surface area contributed by atoms with Crippen LogP contribution in [0.1, 0.15) is 20.7 Å².